The predicted molar refractivity (Wildman–Crippen MR) is 82.2 cm³/mol. The summed E-state index contributed by atoms with van der Waals surface area (Å²) in [7, 11) is 1.68. The lowest BCUT2D eigenvalue weighted by molar-refractivity contribution is 0.264. The molecule has 3 heteroatoms. The van der Waals surface area contributed by atoms with Gasteiger partial charge in [0.25, 0.3) is 0 Å². The second-order valence-corrected chi connectivity index (χ2v) is 6.26. The summed E-state index contributed by atoms with van der Waals surface area (Å²) in [5, 5.41) is 4.37. The van der Waals surface area contributed by atoms with E-state index in [1.54, 1.807) is 7.11 Å². The molecule has 0 amide bonds. The van der Waals surface area contributed by atoms with Gasteiger partial charge in [-0.1, -0.05) is 38.3 Å². The van der Waals surface area contributed by atoms with Crippen LogP contribution in [-0.2, 0) is 0 Å². The molecule has 1 aliphatic rings. The Morgan fingerprint density at radius 3 is 2.79 bits per heavy atom. The molecule has 19 heavy (non-hydrogen) atoms. The molecule has 1 fully saturated rings. The van der Waals surface area contributed by atoms with Gasteiger partial charge in [-0.25, -0.2) is 0 Å². The van der Waals surface area contributed by atoms with E-state index >= 15 is 0 Å². The van der Waals surface area contributed by atoms with Crippen molar-refractivity contribution in [3.8, 4) is 5.75 Å². The fraction of sp³-hybridized carbons (Fsp3) is 0.625. The zero-order chi connectivity index (χ0) is 13.8. The average molecular weight is 282 g/mol. The Morgan fingerprint density at radius 1 is 1.32 bits per heavy atom. The molecule has 0 aliphatic heterocycles. The highest BCUT2D eigenvalue weighted by molar-refractivity contribution is 6.33. The standard InChI is InChI=1S/C16H24ClNO/c1-11(2)12-5-4-6-13(9-12)18-16-10-14(19-3)7-8-15(16)17/h7-8,10-13,18H,4-6,9H2,1-3H3. The molecular formula is C16H24ClNO. The molecule has 0 bridgehead atoms. The van der Waals surface area contributed by atoms with Crippen molar-refractivity contribution in [2.45, 2.75) is 45.6 Å². The van der Waals surface area contributed by atoms with Crippen molar-refractivity contribution in [3.05, 3.63) is 23.2 Å². The quantitative estimate of drug-likeness (QED) is 0.841. The van der Waals surface area contributed by atoms with Crippen molar-refractivity contribution in [1.82, 2.24) is 0 Å². The summed E-state index contributed by atoms with van der Waals surface area (Å²) >= 11 is 6.25. The minimum atomic E-state index is 0.533. The summed E-state index contributed by atoms with van der Waals surface area (Å²) < 4.78 is 5.26. The molecule has 0 saturated heterocycles. The fourth-order valence-electron chi connectivity index (χ4n) is 2.93. The van der Waals surface area contributed by atoms with Gasteiger partial charge >= 0.3 is 0 Å². The van der Waals surface area contributed by atoms with Gasteiger partial charge in [-0.3, -0.25) is 0 Å². The largest absolute Gasteiger partial charge is 0.497 e. The molecule has 0 spiro atoms. The average Bonchev–Trinajstić information content (AvgIpc) is 2.41. The third kappa shape index (κ3) is 3.79. The van der Waals surface area contributed by atoms with E-state index in [4.69, 9.17) is 16.3 Å². The minimum Gasteiger partial charge on any atom is -0.497 e. The van der Waals surface area contributed by atoms with Crippen molar-refractivity contribution < 1.29 is 4.74 Å². The zero-order valence-electron chi connectivity index (χ0n) is 12.1. The Morgan fingerprint density at radius 2 is 2.11 bits per heavy atom. The highest BCUT2D eigenvalue weighted by Crippen LogP contribution is 2.34. The van der Waals surface area contributed by atoms with E-state index in [0.29, 0.717) is 6.04 Å². The molecule has 0 aromatic heterocycles. The minimum absolute atomic E-state index is 0.533. The number of nitrogens with one attached hydrogen (secondary N) is 1. The maximum atomic E-state index is 6.25. The third-order valence-electron chi connectivity index (χ3n) is 4.19. The van der Waals surface area contributed by atoms with Crippen molar-refractivity contribution in [1.29, 1.82) is 0 Å². The second kappa shape index (κ2) is 6.51. The number of hydrogen-bond acceptors (Lipinski definition) is 2. The summed E-state index contributed by atoms with van der Waals surface area (Å²) in [6, 6.07) is 6.31. The van der Waals surface area contributed by atoms with Crippen LogP contribution in [0.25, 0.3) is 0 Å². The lowest BCUT2D eigenvalue weighted by Crippen LogP contribution is -2.29. The molecule has 0 radical (unpaired) electrons. The smallest absolute Gasteiger partial charge is 0.121 e. The van der Waals surface area contributed by atoms with Gasteiger partial charge in [0.2, 0.25) is 0 Å². The van der Waals surface area contributed by atoms with Gasteiger partial charge in [-0.05, 0) is 36.8 Å². The van der Waals surface area contributed by atoms with Crippen LogP contribution in [0.4, 0.5) is 5.69 Å². The van der Waals surface area contributed by atoms with Gasteiger partial charge in [-0.15, -0.1) is 0 Å². The molecule has 2 rings (SSSR count). The molecule has 2 unspecified atom stereocenters. The zero-order valence-corrected chi connectivity index (χ0v) is 12.8. The summed E-state index contributed by atoms with van der Waals surface area (Å²) in [6.07, 6.45) is 5.14. The molecule has 0 heterocycles. The van der Waals surface area contributed by atoms with Crippen molar-refractivity contribution >= 4 is 17.3 Å². The molecule has 2 nitrogen and oxygen atoms in total. The van der Waals surface area contributed by atoms with Crippen LogP contribution in [0.3, 0.4) is 0 Å². The number of hydrogen-bond donors (Lipinski definition) is 1. The number of ether oxygens (including phenoxy) is 1. The Kier molecular flexibility index (Phi) is 4.98. The number of methoxy groups -OCH3 is 1. The summed E-state index contributed by atoms with van der Waals surface area (Å²) in [5.74, 6) is 2.45. The van der Waals surface area contributed by atoms with Crippen LogP contribution in [0, 0.1) is 11.8 Å². The van der Waals surface area contributed by atoms with Gasteiger partial charge in [0, 0.05) is 12.1 Å². The number of rotatable bonds is 4. The lowest BCUT2D eigenvalue weighted by Gasteiger charge is -2.33. The van der Waals surface area contributed by atoms with E-state index in [-0.39, 0.29) is 0 Å². The van der Waals surface area contributed by atoms with Crippen LogP contribution in [0.5, 0.6) is 5.75 Å². The summed E-state index contributed by atoms with van der Waals surface area (Å²) in [5.41, 5.74) is 0.996. The Hall–Kier alpha value is -0.890. The molecule has 1 saturated carbocycles. The van der Waals surface area contributed by atoms with E-state index in [0.717, 1.165) is 28.3 Å². The van der Waals surface area contributed by atoms with Crippen molar-refractivity contribution in [3.63, 3.8) is 0 Å². The summed E-state index contributed by atoms with van der Waals surface area (Å²) in [4.78, 5) is 0. The van der Waals surface area contributed by atoms with Gasteiger partial charge in [0.05, 0.1) is 17.8 Å². The SMILES string of the molecule is COc1ccc(Cl)c(NC2CCCC(C(C)C)C2)c1. The van der Waals surface area contributed by atoms with Crippen LogP contribution < -0.4 is 10.1 Å². The molecular weight excluding hydrogens is 258 g/mol. The second-order valence-electron chi connectivity index (χ2n) is 5.86. The molecule has 106 valence electrons. The molecule has 1 N–H and O–H groups in total. The first-order valence-corrected chi connectivity index (χ1v) is 7.58. The first-order valence-electron chi connectivity index (χ1n) is 7.20. The first-order chi connectivity index (χ1) is 9.10. The highest BCUT2D eigenvalue weighted by Gasteiger charge is 2.24. The molecule has 2 atom stereocenters. The van der Waals surface area contributed by atoms with Gasteiger partial charge < -0.3 is 10.1 Å². The van der Waals surface area contributed by atoms with Crippen LogP contribution in [0.1, 0.15) is 39.5 Å². The van der Waals surface area contributed by atoms with E-state index in [1.165, 1.54) is 25.7 Å². The Balaban J connectivity index is 2.04. The third-order valence-corrected chi connectivity index (χ3v) is 4.52. The van der Waals surface area contributed by atoms with Crippen molar-refractivity contribution in [2.24, 2.45) is 11.8 Å². The van der Waals surface area contributed by atoms with Crippen LogP contribution >= 0.6 is 11.6 Å². The predicted octanol–water partition coefficient (Wildman–Crippen LogP) is 4.98. The maximum absolute atomic E-state index is 6.25. The first kappa shape index (κ1) is 14.5. The molecule has 1 aliphatic carbocycles. The Labute approximate surface area is 121 Å². The molecule has 1 aromatic carbocycles. The number of benzene rings is 1. The number of anilines is 1. The van der Waals surface area contributed by atoms with Gasteiger partial charge in [-0.2, -0.15) is 0 Å². The number of halogens is 1. The molecule has 1 aromatic rings. The van der Waals surface area contributed by atoms with Crippen molar-refractivity contribution in [2.75, 3.05) is 12.4 Å². The maximum Gasteiger partial charge on any atom is 0.121 e. The normalized spacial score (nSPS) is 23.4. The van der Waals surface area contributed by atoms with Crippen LogP contribution in [0.2, 0.25) is 5.02 Å². The van der Waals surface area contributed by atoms with E-state index in [2.05, 4.69) is 19.2 Å². The lowest BCUT2D eigenvalue weighted by atomic mass is 9.79. The fourth-order valence-corrected chi connectivity index (χ4v) is 3.10. The van der Waals surface area contributed by atoms with Crippen LogP contribution in [0.15, 0.2) is 18.2 Å². The van der Waals surface area contributed by atoms with E-state index in [9.17, 15) is 0 Å². The van der Waals surface area contributed by atoms with E-state index in [1.807, 2.05) is 18.2 Å². The summed E-state index contributed by atoms with van der Waals surface area (Å²) in [6.45, 7) is 4.65. The van der Waals surface area contributed by atoms with E-state index < -0.39 is 0 Å². The highest BCUT2D eigenvalue weighted by atomic mass is 35.5. The monoisotopic (exact) mass is 281 g/mol. The van der Waals surface area contributed by atoms with Gasteiger partial charge in [0.15, 0.2) is 0 Å². The van der Waals surface area contributed by atoms with Gasteiger partial charge in [0.1, 0.15) is 5.75 Å². The Bertz CT molecular complexity index is 419. The topological polar surface area (TPSA) is 21.3 Å². The van der Waals surface area contributed by atoms with Crippen LogP contribution in [-0.4, -0.2) is 13.2 Å².